The van der Waals surface area contributed by atoms with Crippen LogP contribution in [0.4, 0.5) is 0 Å². The van der Waals surface area contributed by atoms with Crippen molar-refractivity contribution >= 4 is 11.8 Å². The highest BCUT2D eigenvalue weighted by atomic mass is 16.5. The quantitative estimate of drug-likeness (QED) is 0.808. The summed E-state index contributed by atoms with van der Waals surface area (Å²) in [5, 5.41) is 0. The first-order valence-electron chi connectivity index (χ1n) is 8.31. The second-order valence-electron chi connectivity index (χ2n) is 6.18. The van der Waals surface area contributed by atoms with Gasteiger partial charge in [-0.1, -0.05) is 13.8 Å². The van der Waals surface area contributed by atoms with E-state index in [9.17, 15) is 9.59 Å². The fourth-order valence-electron chi connectivity index (χ4n) is 2.86. The first-order chi connectivity index (χ1) is 11.9. The summed E-state index contributed by atoms with van der Waals surface area (Å²) in [5.41, 5.74) is 0.420. The fraction of sp³-hybridized carbons (Fsp3) is 0.556. The SMILES string of the molecule is COc1cc(OC)c(C(=O)N2CCN(C(=O)C(C)C)CC2)cc1OC. The molecule has 0 saturated carbocycles. The molecule has 138 valence electrons. The average Bonchev–Trinajstić information content (AvgIpc) is 2.65. The van der Waals surface area contributed by atoms with Crippen molar-refractivity contribution in [1.82, 2.24) is 9.80 Å². The monoisotopic (exact) mass is 350 g/mol. The number of hydrogen-bond acceptors (Lipinski definition) is 5. The molecule has 1 heterocycles. The molecule has 0 unspecified atom stereocenters. The summed E-state index contributed by atoms with van der Waals surface area (Å²) in [7, 11) is 4.57. The van der Waals surface area contributed by atoms with E-state index in [2.05, 4.69) is 0 Å². The summed E-state index contributed by atoms with van der Waals surface area (Å²) < 4.78 is 15.9. The summed E-state index contributed by atoms with van der Waals surface area (Å²) in [6.07, 6.45) is 0. The largest absolute Gasteiger partial charge is 0.496 e. The third-order valence-corrected chi connectivity index (χ3v) is 4.31. The Morgan fingerprint density at radius 3 is 1.80 bits per heavy atom. The number of nitrogens with zero attached hydrogens (tertiary/aromatic N) is 2. The summed E-state index contributed by atoms with van der Waals surface area (Å²) in [5.74, 6) is 1.35. The van der Waals surface area contributed by atoms with Crippen LogP contribution in [0, 0.1) is 5.92 Å². The third-order valence-electron chi connectivity index (χ3n) is 4.31. The van der Waals surface area contributed by atoms with Crippen molar-refractivity contribution in [2.75, 3.05) is 47.5 Å². The Kier molecular flexibility index (Phi) is 6.12. The van der Waals surface area contributed by atoms with Crippen molar-refractivity contribution in [3.8, 4) is 17.2 Å². The van der Waals surface area contributed by atoms with Gasteiger partial charge < -0.3 is 24.0 Å². The maximum atomic E-state index is 12.9. The summed E-state index contributed by atoms with van der Waals surface area (Å²) in [4.78, 5) is 28.5. The zero-order valence-electron chi connectivity index (χ0n) is 15.5. The van der Waals surface area contributed by atoms with Crippen LogP contribution in [0.5, 0.6) is 17.2 Å². The van der Waals surface area contributed by atoms with Crippen molar-refractivity contribution < 1.29 is 23.8 Å². The van der Waals surface area contributed by atoms with E-state index in [1.54, 1.807) is 21.9 Å². The molecule has 0 atom stereocenters. The molecule has 1 aromatic carbocycles. The number of piperazine rings is 1. The molecule has 1 saturated heterocycles. The number of carbonyl (C=O) groups is 2. The summed E-state index contributed by atoms with van der Waals surface area (Å²) in [6, 6.07) is 3.27. The van der Waals surface area contributed by atoms with Gasteiger partial charge in [-0.3, -0.25) is 9.59 Å². The molecule has 25 heavy (non-hydrogen) atoms. The molecule has 7 nitrogen and oxygen atoms in total. The van der Waals surface area contributed by atoms with Gasteiger partial charge in [-0.05, 0) is 0 Å². The van der Waals surface area contributed by atoms with Crippen molar-refractivity contribution in [3.05, 3.63) is 17.7 Å². The van der Waals surface area contributed by atoms with Gasteiger partial charge in [0.2, 0.25) is 5.91 Å². The molecule has 0 spiro atoms. The lowest BCUT2D eigenvalue weighted by Crippen LogP contribution is -2.51. The smallest absolute Gasteiger partial charge is 0.257 e. The second-order valence-corrected chi connectivity index (χ2v) is 6.18. The molecule has 0 bridgehead atoms. The van der Waals surface area contributed by atoms with Gasteiger partial charge in [-0.2, -0.15) is 0 Å². The molecule has 2 rings (SSSR count). The van der Waals surface area contributed by atoms with E-state index in [0.29, 0.717) is 49.0 Å². The highest BCUT2D eigenvalue weighted by Gasteiger charge is 2.28. The molecule has 1 aliphatic heterocycles. The minimum atomic E-state index is -0.144. The Morgan fingerprint density at radius 1 is 0.840 bits per heavy atom. The van der Waals surface area contributed by atoms with Crippen LogP contribution in [-0.2, 0) is 4.79 Å². The van der Waals surface area contributed by atoms with Gasteiger partial charge in [-0.25, -0.2) is 0 Å². The van der Waals surface area contributed by atoms with Gasteiger partial charge >= 0.3 is 0 Å². The van der Waals surface area contributed by atoms with Crippen LogP contribution in [0.1, 0.15) is 24.2 Å². The van der Waals surface area contributed by atoms with Crippen LogP contribution >= 0.6 is 0 Å². The molecule has 7 heteroatoms. The number of ether oxygens (including phenoxy) is 3. The van der Waals surface area contributed by atoms with Crippen LogP contribution in [0.3, 0.4) is 0 Å². The lowest BCUT2D eigenvalue weighted by Gasteiger charge is -2.35. The number of hydrogen-bond donors (Lipinski definition) is 0. The van der Waals surface area contributed by atoms with Gasteiger partial charge in [0.05, 0.1) is 26.9 Å². The number of rotatable bonds is 5. The molecule has 1 aromatic rings. The van der Waals surface area contributed by atoms with E-state index in [-0.39, 0.29) is 17.7 Å². The molecule has 1 fully saturated rings. The van der Waals surface area contributed by atoms with E-state index in [1.165, 1.54) is 21.3 Å². The Morgan fingerprint density at radius 2 is 1.32 bits per heavy atom. The first-order valence-corrected chi connectivity index (χ1v) is 8.31. The molecular weight excluding hydrogens is 324 g/mol. The van der Waals surface area contributed by atoms with Gasteiger partial charge in [0.25, 0.3) is 5.91 Å². The predicted octanol–water partition coefficient (Wildman–Crippen LogP) is 1.65. The predicted molar refractivity (Wildman–Crippen MR) is 93.4 cm³/mol. The van der Waals surface area contributed by atoms with Gasteiger partial charge in [0.1, 0.15) is 5.75 Å². The Bertz CT molecular complexity index is 637. The van der Waals surface area contributed by atoms with Crippen molar-refractivity contribution in [2.24, 2.45) is 5.92 Å². The fourth-order valence-corrected chi connectivity index (χ4v) is 2.86. The number of benzene rings is 1. The van der Waals surface area contributed by atoms with E-state index in [4.69, 9.17) is 14.2 Å². The highest BCUT2D eigenvalue weighted by Crippen LogP contribution is 2.35. The van der Waals surface area contributed by atoms with Gasteiger partial charge in [0.15, 0.2) is 11.5 Å². The normalized spacial score (nSPS) is 14.5. The molecule has 0 radical (unpaired) electrons. The number of amides is 2. The van der Waals surface area contributed by atoms with Gasteiger partial charge in [0, 0.05) is 44.2 Å². The molecule has 0 N–H and O–H groups in total. The number of carbonyl (C=O) groups excluding carboxylic acids is 2. The average molecular weight is 350 g/mol. The topological polar surface area (TPSA) is 68.3 Å². The third kappa shape index (κ3) is 3.97. The van der Waals surface area contributed by atoms with Crippen LogP contribution in [0.15, 0.2) is 12.1 Å². The summed E-state index contributed by atoms with van der Waals surface area (Å²) >= 11 is 0. The van der Waals surface area contributed by atoms with E-state index in [1.807, 2.05) is 13.8 Å². The van der Waals surface area contributed by atoms with Crippen LogP contribution < -0.4 is 14.2 Å². The Balaban J connectivity index is 2.17. The van der Waals surface area contributed by atoms with Crippen molar-refractivity contribution in [3.63, 3.8) is 0 Å². The minimum absolute atomic E-state index is 0.0341. The molecular formula is C18H26N2O5. The standard InChI is InChI=1S/C18H26N2O5/c1-12(2)17(21)19-6-8-20(9-7-19)18(22)13-10-15(24-4)16(25-5)11-14(13)23-3/h10-12H,6-9H2,1-5H3. The Hall–Kier alpha value is -2.44. The zero-order valence-corrected chi connectivity index (χ0v) is 15.5. The first kappa shape index (κ1) is 18.9. The maximum absolute atomic E-state index is 12.9. The molecule has 0 aliphatic carbocycles. The van der Waals surface area contributed by atoms with E-state index >= 15 is 0 Å². The zero-order chi connectivity index (χ0) is 18.6. The Labute approximate surface area is 148 Å². The molecule has 1 aliphatic rings. The minimum Gasteiger partial charge on any atom is -0.496 e. The van der Waals surface area contributed by atoms with Crippen LogP contribution in [0.25, 0.3) is 0 Å². The highest BCUT2D eigenvalue weighted by molar-refractivity contribution is 5.98. The van der Waals surface area contributed by atoms with Crippen molar-refractivity contribution in [1.29, 1.82) is 0 Å². The van der Waals surface area contributed by atoms with Crippen LogP contribution in [-0.4, -0.2) is 69.1 Å². The molecule has 2 amide bonds. The molecule has 0 aromatic heterocycles. The number of methoxy groups -OCH3 is 3. The summed E-state index contributed by atoms with van der Waals surface area (Å²) in [6.45, 7) is 5.84. The second kappa shape index (κ2) is 8.09. The van der Waals surface area contributed by atoms with Crippen molar-refractivity contribution in [2.45, 2.75) is 13.8 Å². The van der Waals surface area contributed by atoms with Crippen LogP contribution in [0.2, 0.25) is 0 Å². The maximum Gasteiger partial charge on any atom is 0.257 e. The lowest BCUT2D eigenvalue weighted by atomic mass is 10.1. The lowest BCUT2D eigenvalue weighted by molar-refractivity contribution is -0.135. The van der Waals surface area contributed by atoms with E-state index < -0.39 is 0 Å². The van der Waals surface area contributed by atoms with E-state index in [0.717, 1.165) is 0 Å². The van der Waals surface area contributed by atoms with Gasteiger partial charge in [-0.15, -0.1) is 0 Å².